The number of anilines is 3. The molecule has 3 amide bonds. The molecule has 9 nitrogen and oxygen atoms in total. The first-order valence-electron chi connectivity index (χ1n) is 15.3. The van der Waals surface area contributed by atoms with Gasteiger partial charge < -0.3 is 34.8 Å². The summed E-state index contributed by atoms with van der Waals surface area (Å²) < 4.78 is 22.9. The zero-order valence-corrected chi connectivity index (χ0v) is 26.9. The minimum absolute atomic E-state index is 0.115. The number of ether oxygens (including phenoxy) is 1. The summed E-state index contributed by atoms with van der Waals surface area (Å²) in [5, 5.41) is 13.1. The lowest BCUT2D eigenvalue weighted by Crippen LogP contribution is -2.48. The normalized spacial score (nSPS) is 25.8. The lowest BCUT2D eigenvalue weighted by atomic mass is 9.82. The largest absolute Gasteiger partial charge is 0.399 e. The molecule has 0 aromatic heterocycles. The minimum atomic E-state index is -3.50. The van der Waals surface area contributed by atoms with E-state index in [1.54, 1.807) is 67.5 Å². The first-order valence-corrected chi connectivity index (χ1v) is 18.2. The molecule has 3 aliphatic heterocycles. The van der Waals surface area contributed by atoms with E-state index in [1.807, 2.05) is 31.2 Å². The van der Waals surface area contributed by atoms with Crippen molar-refractivity contribution < 1.29 is 28.3 Å². The summed E-state index contributed by atoms with van der Waals surface area (Å²) in [6, 6.07) is 19.2. The summed E-state index contributed by atoms with van der Waals surface area (Å²) in [5.41, 5.74) is 8.24. The Morgan fingerprint density at radius 3 is 2.47 bits per heavy atom. The molecule has 1 spiro atoms. The number of benzene rings is 3. The number of nitrogens with two attached hydrogens (primary N) is 1. The SMILES string of the molecule is C[C@H]1[C@H]([Si](C)(C)F)[C@@H](CC(=O)N2Cc3ccccc3C[C@H]2CO)O[C@]12C(=O)N(C)c1ccc(NC(=O)c3ccc(N)cc3)cc12. The highest BCUT2D eigenvalue weighted by atomic mass is 28.4. The van der Waals surface area contributed by atoms with Gasteiger partial charge in [-0.2, -0.15) is 0 Å². The molecule has 4 N–H and O–H groups in total. The second kappa shape index (κ2) is 11.4. The number of carbonyl (C=O) groups excluding carboxylic acids is 3. The van der Waals surface area contributed by atoms with Gasteiger partial charge in [0.05, 0.1) is 30.9 Å². The number of hydrogen-bond acceptors (Lipinski definition) is 6. The van der Waals surface area contributed by atoms with E-state index in [9.17, 15) is 19.5 Å². The van der Waals surface area contributed by atoms with Crippen LogP contribution >= 0.6 is 0 Å². The zero-order valence-electron chi connectivity index (χ0n) is 25.9. The molecule has 45 heavy (non-hydrogen) atoms. The topological polar surface area (TPSA) is 125 Å². The molecule has 0 saturated carbocycles. The molecule has 11 heteroatoms. The Morgan fingerprint density at radius 2 is 1.80 bits per heavy atom. The summed E-state index contributed by atoms with van der Waals surface area (Å²) in [6.45, 7) is 5.16. The second-order valence-corrected chi connectivity index (χ2v) is 16.8. The van der Waals surface area contributed by atoms with Crippen molar-refractivity contribution >= 4 is 43.2 Å². The van der Waals surface area contributed by atoms with Crippen LogP contribution in [0, 0.1) is 5.92 Å². The maximum atomic E-state index is 16.2. The number of nitrogens with one attached hydrogen (secondary N) is 1. The number of aliphatic hydroxyl groups is 1. The van der Waals surface area contributed by atoms with Gasteiger partial charge in [-0.3, -0.25) is 14.4 Å². The van der Waals surface area contributed by atoms with E-state index >= 15 is 4.11 Å². The van der Waals surface area contributed by atoms with Crippen LogP contribution in [0.15, 0.2) is 66.7 Å². The van der Waals surface area contributed by atoms with E-state index in [0.717, 1.165) is 11.1 Å². The van der Waals surface area contributed by atoms with E-state index < -0.39 is 37.6 Å². The molecule has 1 fully saturated rings. The number of fused-ring (bicyclic) bond motifs is 3. The van der Waals surface area contributed by atoms with E-state index in [2.05, 4.69) is 5.32 Å². The second-order valence-electron chi connectivity index (χ2n) is 13.0. The van der Waals surface area contributed by atoms with Gasteiger partial charge in [-0.1, -0.05) is 31.2 Å². The fourth-order valence-corrected chi connectivity index (χ4v) is 10.1. The van der Waals surface area contributed by atoms with Gasteiger partial charge in [-0.05, 0) is 73.1 Å². The molecule has 5 atom stereocenters. The highest BCUT2D eigenvalue weighted by molar-refractivity contribution is 6.72. The van der Waals surface area contributed by atoms with Gasteiger partial charge in [0.15, 0.2) is 5.60 Å². The van der Waals surface area contributed by atoms with Crippen molar-refractivity contribution in [2.45, 2.75) is 62.7 Å². The molecular formula is C34H39FN4O5Si. The zero-order chi connectivity index (χ0) is 32.3. The average Bonchev–Trinajstić information content (AvgIpc) is 3.42. The van der Waals surface area contributed by atoms with Crippen molar-refractivity contribution in [1.82, 2.24) is 4.90 Å². The molecule has 3 aromatic carbocycles. The third-order valence-corrected chi connectivity index (χ3v) is 12.2. The van der Waals surface area contributed by atoms with Crippen molar-refractivity contribution in [1.29, 1.82) is 0 Å². The van der Waals surface area contributed by atoms with Crippen molar-refractivity contribution in [2.75, 3.05) is 29.6 Å². The summed E-state index contributed by atoms with van der Waals surface area (Å²) in [7, 11) is -1.85. The molecule has 3 heterocycles. The van der Waals surface area contributed by atoms with Crippen LogP contribution in [0.2, 0.25) is 18.6 Å². The predicted molar refractivity (Wildman–Crippen MR) is 173 cm³/mol. The van der Waals surface area contributed by atoms with Gasteiger partial charge in [-0.25, -0.2) is 0 Å². The van der Waals surface area contributed by atoms with Crippen LogP contribution in [0.25, 0.3) is 0 Å². The van der Waals surface area contributed by atoms with Gasteiger partial charge in [0, 0.05) is 47.6 Å². The number of nitrogen functional groups attached to an aromatic ring is 1. The molecule has 236 valence electrons. The number of carbonyl (C=O) groups is 3. The van der Waals surface area contributed by atoms with Gasteiger partial charge in [-0.15, -0.1) is 0 Å². The van der Waals surface area contributed by atoms with Gasteiger partial charge in [0.1, 0.15) is 0 Å². The van der Waals surface area contributed by atoms with Crippen molar-refractivity contribution in [2.24, 2.45) is 5.92 Å². The standard InChI is InChI=1S/C34H39FN4O5Si/c1-20-31(45(3,4)35)29(17-30(41)39-18-23-8-6-5-7-22(23)15-26(39)19-40)44-34(20)27-16-25(13-14-28(27)38(2)33(34)43)37-32(42)21-9-11-24(36)12-10-21/h5-14,16,20,26,29,31,40H,15,17-19,36H2,1-4H3,(H,37,42)/t20-,26-,29+,31-,34+/m0/s1. The number of hydrogen-bond donors (Lipinski definition) is 3. The molecule has 0 aliphatic carbocycles. The Morgan fingerprint density at radius 1 is 1.11 bits per heavy atom. The van der Waals surface area contributed by atoms with E-state index in [4.69, 9.17) is 10.5 Å². The van der Waals surface area contributed by atoms with Gasteiger partial charge >= 0.3 is 0 Å². The van der Waals surface area contributed by atoms with Crippen molar-refractivity contribution in [3.05, 3.63) is 89.0 Å². The highest BCUT2D eigenvalue weighted by Gasteiger charge is 2.66. The molecule has 3 aromatic rings. The Hall–Kier alpha value is -4.06. The van der Waals surface area contributed by atoms with Crippen LogP contribution in [0.5, 0.6) is 0 Å². The smallest absolute Gasteiger partial charge is 0.264 e. The van der Waals surface area contributed by atoms with E-state index in [1.165, 1.54) is 4.90 Å². The minimum Gasteiger partial charge on any atom is -0.399 e. The number of amides is 3. The molecule has 1 saturated heterocycles. The van der Waals surface area contributed by atoms with E-state index in [-0.39, 0.29) is 30.7 Å². The molecule has 0 bridgehead atoms. The van der Waals surface area contributed by atoms with Crippen molar-refractivity contribution in [3.8, 4) is 0 Å². The number of halogens is 1. The quantitative estimate of drug-likeness (QED) is 0.208. The predicted octanol–water partition coefficient (Wildman–Crippen LogP) is 4.61. The van der Waals surface area contributed by atoms with Crippen LogP contribution in [-0.4, -0.2) is 61.9 Å². The van der Waals surface area contributed by atoms with Crippen LogP contribution in [0.1, 0.15) is 40.4 Å². The Bertz CT molecular complexity index is 1660. The molecular weight excluding hydrogens is 591 g/mol. The molecule has 0 radical (unpaired) electrons. The van der Waals surface area contributed by atoms with Crippen LogP contribution in [0.3, 0.4) is 0 Å². The molecule has 3 aliphatic rings. The third-order valence-electron chi connectivity index (χ3n) is 9.78. The fourth-order valence-electron chi connectivity index (χ4n) is 7.60. The summed E-state index contributed by atoms with van der Waals surface area (Å²) in [6.07, 6.45) is -0.444. The number of likely N-dealkylation sites (N-methyl/N-ethyl adjacent to an activating group) is 1. The Labute approximate surface area is 263 Å². The monoisotopic (exact) mass is 630 g/mol. The lowest BCUT2D eigenvalue weighted by Gasteiger charge is -2.37. The summed E-state index contributed by atoms with van der Waals surface area (Å²) >= 11 is 0. The van der Waals surface area contributed by atoms with Gasteiger partial charge in [0.2, 0.25) is 14.3 Å². The van der Waals surface area contributed by atoms with Crippen LogP contribution in [0.4, 0.5) is 21.2 Å². The molecule has 6 rings (SSSR count). The Kier molecular flexibility index (Phi) is 7.83. The maximum Gasteiger partial charge on any atom is 0.264 e. The van der Waals surface area contributed by atoms with Crippen LogP contribution in [-0.2, 0) is 32.9 Å². The first-order chi connectivity index (χ1) is 21.3. The van der Waals surface area contributed by atoms with E-state index in [0.29, 0.717) is 41.2 Å². The number of aliphatic hydroxyl groups excluding tert-OH is 1. The lowest BCUT2D eigenvalue weighted by molar-refractivity contribution is -0.150. The summed E-state index contributed by atoms with van der Waals surface area (Å²) in [4.78, 5) is 44.2. The van der Waals surface area contributed by atoms with Crippen LogP contribution < -0.4 is 16.0 Å². The van der Waals surface area contributed by atoms with Crippen molar-refractivity contribution in [3.63, 3.8) is 0 Å². The Balaban J connectivity index is 1.32. The number of nitrogens with zero attached hydrogens (tertiary/aromatic N) is 2. The third kappa shape index (κ3) is 5.22. The maximum absolute atomic E-state index is 16.2. The highest BCUT2D eigenvalue weighted by Crippen LogP contribution is 2.60. The first kappa shape index (κ1) is 30.9. The van der Waals surface area contributed by atoms with Gasteiger partial charge in [0.25, 0.3) is 11.8 Å². The number of rotatable bonds is 6. The summed E-state index contributed by atoms with van der Waals surface area (Å²) in [5.74, 6) is -1.51. The average molecular weight is 631 g/mol. The fraction of sp³-hybridized carbons (Fsp3) is 0.382. The molecule has 0 unspecified atom stereocenters.